The summed E-state index contributed by atoms with van der Waals surface area (Å²) in [7, 11) is 0. The molecule has 0 bridgehead atoms. The lowest BCUT2D eigenvalue weighted by molar-refractivity contribution is -0.118. The molecule has 0 aliphatic rings. The lowest BCUT2D eigenvalue weighted by atomic mass is 10.1. The maximum absolute atomic E-state index is 12.2. The van der Waals surface area contributed by atoms with Gasteiger partial charge in [-0.05, 0) is 48.7 Å². The molecule has 0 aromatic heterocycles. The van der Waals surface area contributed by atoms with Gasteiger partial charge in [-0.3, -0.25) is 4.79 Å². The number of benzene rings is 3. The number of nitrogens with one attached hydrogen (secondary N) is 1. The van der Waals surface area contributed by atoms with Crippen LogP contribution in [0.25, 0.3) is 11.1 Å². The van der Waals surface area contributed by atoms with Gasteiger partial charge in [-0.15, -0.1) is 0 Å². The standard InChI is InChI=1S/C22H21NO2/c1-16-12-13-19(14-17(16)2)23-22(24)15-25-21-11-7-6-10-20(21)18-8-4-3-5-9-18/h3-14H,15H2,1-2H3,(H,23,24). The number of hydrogen-bond acceptors (Lipinski definition) is 2. The molecular weight excluding hydrogens is 310 g/mol. The third-order valence-corrected chi connectivity index (χ3v) is 4.12. The Labute approximate surface area is 148 Å². The van der Waals surface area contributed by atoms with E-state index in [0.717, 1.165) is 22.4 Å². The number of ether oxygens (including phenoxy) is 1. The first-order valence-corrected chi connectivity index (χ1v) is 8.28. The van der Waals surface area contributed by atoms with Gasteiger partial charge in [0.05, 0.1) is 0 Å². The molecule has 126 valence electrons. The monoisotopic (exact) mass is 331 g/mol. The van der Waals surface area contributed by atoms with Gasteiger partial charge in [0.25, 0.3) is 5.91 Å². The summed E-state index contributed by atoms with van der Waals surface area (Å²) in [6, 6.07) is 23.6. The first-order valence-electron chi connectivity index (χ1n) is 8.28. The summed E-state index contributed by atoms with van der Waals surface area (Å²) < 4.78 is 5.77. The number of aryl methyl sites for hydroxylation is 2. The summed E-state index contributed by atoms with van der Waals surface area (Å²) >= 11 is 0. The molecule has 0 atom stereocenters. The van der Waals surface area contributed by atoms with Crippen molar-refractivity contribution in [1.29, 1.82) is 0 Å². The van der Waals surface area contributed by atoms with Crippen LogP contribution in [0.1, 0.15) is 11.1 Å². The average Bonchev–Trinajstić information content (AvgIpc) is 2.64. The molecule has 25 heavy (non-hydrogen) atoms. The quantitative estimate of drug-likeness (QED) is 0.715. The molecule has 3 nitrogen and oxygen atoms in total. The Bertz CT molecular complexity index is 872. The molecule has 0 saturated carbocycles. The minimum atomic E-state index is -0.175. The highest BCUT2D eigenvalue weighted by atomic mass is 16.5. The number of carbonyl (C=O) groups excluding carboxylic acids is 1. The van der Waals surface area contributed by atoms with Crippen LogP contribution in [-0.4, -0.2) is 12.5 Å². The Kier molecular flexibility index (Phi) is 5.14. The molecule has 0 saturated heterocycles. The Morgan fingerprint density at radius 1 is 0.880 bits per heavy atom. The predicted octanol–water partition coefficient (Wildman–Crippen LogP) is 4.99. The molecule has 0 aliphatic heterocycles. The van der Waals surface area contributed by atoms with Gasteiger partial charge in [-0.1, -0.05) is 54.6 Å². The Hall–Kier alpha value is -3.07. The molecule has 1 amide bonds. The molecular formula is C22H21NO2. The Morgan fingerprint density at radius 2 is 1.60 bits per heavy atom. The van der Waals surface area contributed by atoms with Gasteiger partial charge < -0.3 is 10.1 Å². The first kappa shape index (κ1) is 16.8. The van der Waals surface area contributed by atoms with Gasteiger partial charge in [0.1, 0.15) is 5.75 Å². The van der Waals surface area contributed by atoms with E-state index >= 15 is 0 Å². The van der Waals surface area contributed by atoms with E-state index < -0.39 is 0 Å². The van der Waals surface area contributed by atoms with Crippen molar-refractivity contribution < 1.29 is 9.53 Å². The second-order valence-electron chi connectivity index (χ2n) is 6.00. The lowest BCUT2D eigenvalue weighted by Gasteiger charge is -2.12. The number of anilines is 1. The number of hydrogen-bond donors (Lipinski definition) is 1. The van der Waals surface area contributed by atoms with Crippen molar-refractivity contribution >= 4 is 11.6 Å². The highest BCUT2D eigenvalue weighted by Gasteiger charge is 2.09. The van der Waals surface area contributed by atoms with Crippen molar-refractivity contribution in [2.24, 2.45) is 0 Å². The minimum Gasteiger partial charge on any atom is -0.483 e. The minimum absolute atomic E-state index is 0.0310. The van der Waals surface area contributed by atoms with E-state index in [4.69, 9.17) is 4.74 Å². The Morgan fingerprint density at radius 3 is 2.36 bits per heavy atom. The van der Waals surface area contributed by atoms with Crippen LogP contribution in [0.5, 0.6) is 5.75 Å². The smallest absolute Gasteiger partial charge is 0.262 e. The summed E-state index contributed by atoms with van der Waals surface area (Å²) in [4.78, 5) is 12.2. The number of amides is 1. The van der Waals surface area contributed by atoms with E-state index in [1.54, 1.807) is 0 Å². The maximum atomic E-state index is 12.2. The maximum Gasteiger partial charge on any atom is 0.262 e. The largest absolute Gasteiger partial charge is 0.483 e. The third kappa shape index (κ3) is 4.27. The number of para-hydroxylation sites is 1. The molecule has 0 aliphatic carbocycles. The summed E-state index contributed by atoms with van der Waals surface area (Å²) in [6.45, 7) is 4.04. The summed E-state index contributed by atoms with van der Waals surface area (Å²) in [6.07, 6.45) is 0. The highest BCUT2D eigenvalue weighted by Crippen LogP contribution is 2.29. The van der Waals surface area contributed by atoms with Crippen LogP contribution < -0.4 is 10.1 Å². The molecule has 3 aromatic carbocycles. The van der Waals surface area contributed by atoms with Gasteiger partial charge in [-0.2, -0.15) is 0 Å². The van der Waals surface area contributed by atoms with Crippen LogP contribution in [0.15, 0.2) is 72.8 Å². The van der Waals surface area contributed by atoms with Crippen molar-refractivity contribution in [2.75, 3.05) is 11.9 Å². The molecule has 0 fully saturated rings. The van der Waals surface area contributed by atoms with Gasteiger partial charge in [0.15, 0.2) is 6.61 Å². The van der Waals surface area contributed by atoms with Crippen molar-refractivity contribution in [1.82, 2.24) is 0 Å². The molecule has 0 unspecified atom stereocenters. The zero-order valence-electron chi connectivity index (χ0n) is 14.5. The molecule has 0 spiro atoms. The predicted molar refractivity (Wildman–Crippen MR) is 102 cm³/mol. The van der Waals surface area contributed by atoms with E-state index in [2.05, 4.69) is 5.32 Å². The summed E-state index contributed by atoms with van der Waals surface area (Å²) in [5, 5.41) is 2.88. The second kappa shape index (κ2) is 7.67. The topological polar surface area (TPSA) is 38.3 Å². The van der Waals surface area contributed by atoms with Gasteiger partial charge in [0, 0.05) is 11.3 Å². The fourth-order valence-corrected chi connectivity index (χ4v) is 2.61. The van der Waals surface area contributed by atoms with Crippen molar-refractivity contribution in [3.8, 4) is 16.9 Å². The van der Waals surface area contributed by atoms with Gasteiger partial charge in [0.2, 0.25) is 0 Å². The van der Waals surface area contributed by atoms with Crippen LogP contribution in [0.2, 0.25) is 0 Å². The zero-order chi connectivity index (χ0) is 17.6. The van der Waals surface area contributed by atoms with Crippen LogP contribution >= 0.6 is 0 Å². The van der Waals surface area contributed by atoms with E-state index in [1.807, 2.05) is 86.6 Å². The van der Waals surface area contributed by atoms with Crippen molar-refractivity contribution in [2.45, 2.75) is 13.8 Å². The lowest BCUT2D eigenvalue weighted by Crippen LogP contribution is -2.20. The molecule has 3 aromatic rings. The third-order valence-electron chi connectivity index (χ3n) is 4.12. The molecule has 0 heterocycles. The number of rotatable bonds is 5. The van der Waals surface area contributed by atoms with Crippen molar-refractivity contribution in [3.05, 3.63) is 83.9 Å². The molecule has 0 radical (unpaired) electrons. The van der Waals surface area contributed by atoms with Crippen LogP contribution in [0.4, 0.5) is 5.69 Å². The van der Waals surface area contributed by atoms with Crippen LogP contribution in [0.3, 0.4) is 0 Å². The van der Waals surface area contributed by atoms with Gasteiger partial charge in [-0.25, -0.2) is 0 Å². The highest BCUT2D eigenvalue weighted by molar-refractivity contribution is 5.92. The first-order chi connectivity index (χ1) is 12.1. The summed E-state index contributed by atoms with van der Waals surface area (Å²) in [5.41, 5.74) is 5.17. The summed E-state index contributed by atoms with van der Waals surface area (Å²) in [5.74, 6) is 0.523. The number of carbonyl (C=O) groups is 1. The second-order valence-corrected chi connectivity index (χ2v) is 6.00. The SMILES string of the molecule is Cc1ccc(NC(=O)COc2ccccc2-c2ccccc2)cc1C. The van der Waals surface area contributed by atoms with E-state index in [-0.39, 0.29) is 12.5 Å². The van der Waals surface area contributed by atoms with Crippen molar-refractivity contribution in [3.63, 3.8) is 0 Å². The van der Waals surface area contributed by atoms with Crippen LogP contribution in [-0.2, 0) is 4.79 Å². The van der Waals surface area contributed by atoms with E-state index in [1.165, 1.54) is 5.56 Å². The zero-order valence-corrected chi connectivity index (χ0v) is 14.5. The van der Waals surface area contributed by atoms with Gasteiger partial charge >= 0.3 is 0 Å². The molecule has 1 N–H and O–H groups in total. The normalized spacial score (nSPS) is 10.3. The molecule has 3 rings (SSSR count). The average molecular weight is 331 g/mol. The Balaban J connectivity index is 1.67. The fraction of sp³-hybridized carbons (Fsp3) is 0.136. The molecule has 3 heteroatoms. The van der Waals surface area contributed by atoms with E-state index in [0.29, 0.717) is 5.75 Å². The van der Waals surface area contributed by atoms with E-state index in [9.17, 15) is 4.79 Å². The fourth-order valence-electron chi connectivity index (χ4n) is 2.61. The van der Waals surface area contributed by atoms with Crippen LogP contribution in [0, 0.1) is 13.8 Å².